The molecule has 4 heteroatoms. The van der Waals surface area contributed by atoms with Gasteiger partial charge in [-0.15, -0.1) is 0 Å². The number of aliphatic carboxylic acids is 1. The summed E-state index contributed by atoms with van der Waals surface area (Å²) < 4.78 is 0. The number of carbonyl (C=O) groups is 2. The van der Waals surface area contributed by atoms with E-state index in [1.807, 2.05) is 19.9 Å². The molecule has 1 atom stereocenters. The molecule has 0 saturated carbocycles. The van der Waals surface area contributed by atoms with Gasteiger partial charge < -0.3 is 10.0 Å². The van der Waals surface area contributed by atoms with Crippen LogP contribution in [0.15, 0.2) is 30.3 Å². The lowest BCUT2D eigenvalue weighted by Crippen LogP contribution is -2.41. The van der Waals surface area contributed by atoms with Crippen LogP contribution in [0.4, 0.5) is 0 Å². The van der Waals surface area contributed by atoms with Crippen LogP contribution in [0.5, 0.6) is 0 Å². The fourth-order valence-corrected chi connectivity index (χ4v) is 1.82. The van der Waals surface area contributed by atoms with Crippen molar-refractivity contribution >= 4 is 11.9 Å². The Balaban J connectivity index is 3.03. The molecule has 0 fully saturated rings. The number of carboxylic acids is 1. The zero-order chi connectivity index (χ0) is 14.6. The Morgan fingerprint density at radius 1 is 1.26 bits per heavy atom. The molecule has 0 saturated heterocycles. The third-order valence-electron chi connectivity index (χ3n) is 3.56. The molecule has 0 heterocycles. The van der Waals surface area contributed by atoms with Crippen LogP contribution in [0.25, 0.3) is 0 Å². The van der Waals surface area contributed by atoms with Gasteiger partial charge in [-0.3, -0.25) is 9.59 Å². The van der Waals surface area contributed by atoms with Crippen LogP contribution >= 0.6 is 0 Å². The zero-order valence-corrected chi connectivity index (χ0v) is 11.9. The zero-order valence-electron chi connectivity index (χ0n) is 11.9. The topological polar surface area (TPSA) is 57.6 Å². The molecular formula is C15H21NO3. The fraction of sp³-hybridized carbons (Fsp3) is 0.467. The van der Waals surface area contributed by atoms with E-state index in [-0.39, 0.29) is 18.4 Å². The van der Waals surface area contributed by atoms with E-state index in [2.05, 4.69) is 0 Å². The van der Waals surface area contributed by atoms with Crippen LogP contribution < -0.4 is 0 Å². The number of benzene rings is 1. The van der Waals surface area contributed by atoms with Gasteiger partial charge in [0.1, 0.15) is 0 Å². The maximum absolute atomic E-state index is 12.1. The molecule has 104 valence electrons. The molecule has 0 spiro atoms. The Labute approximate surface area is 114 Å². The van der Waals surface area contributed by atoms with Crippen molar-refractivity contribution in [2.24, 2.45) is 0 Å². The molecule has 0 aliphatic heterocycles. The molecule has 0 radical (unpaired) electrons. The highest BCUT2D eigenvalue weighted by Crippen LogP contribution is 2.28. The largest absolute Gasteiger partial charge is 0.481 e. The monoisotopic (exact) mass is 263 g/mol. The molecule has 1 unspecified atom stereocenters. The fourth-order valence-electron chi connectivity index (χ4n) is 1.82. The van der Waals surface area contributed by atoms with Crippen molar-refractivity contribution in [3.05, 3.63) is 35.9 Å². The van der Waals surface area contributed by atoms with E-state index < -0.39 is 11.4 Å². The van der Waals surface area contributed by atoms with Crippen LogP contribution in [-0.4, -0.2) is 35.0 Å². The van der Waals surface area contributed by atoms with Crippen LogP contribution in [0.1, 0.15) is 32.8 Å². The predicted octanol–water partition coefficient (Wildman–Crippen LogP) is 2.29. The van der Waals surface area contributed by atoms with Crippen molar-refractivity contribution in [1.29, 1.82) is 0 Å². The second kappa shape index (κ2) is 5.87. The van der Waals surface area contributed by atoms with Gasteiger partial charge in [0, 0.05) is 19.5 Å². The molecule has 0 bridgehead atoms. The van der Waals surface area contributed by atoms with Gasteiger partial charge in [-0.1, -0.05) is 30.3 Å². The van der Waals surface area contributed by atoms with Gasteiger partial charge in [0.2, 0.25) is 5.91 Å². The highest BCUT2D eigenvalue weighted by molar-refractivity contribution is 5.89. The molecule has 0 aliphatic rings. The average molecular weight is 263 g/mol. The minimum Gasteiger partial charge on any atom is -0.481 e. The summed E-state index contributed by atoms with van der Waals surface area (Å²) >= 11 is 0. The first kappa shape index (κ1) is 15.2. The Morgan fingerprint density at radius 3 is 2.21 bits per heavy atom. The van der Waals surface area contributed by atoms with E-state index in [1.54, 1.807) is 43.1 Å². The first-order valence-electron chi connectivity index (χ1n) is 6.33. The van der Waals surface area contributed by atoms with Crippen LogP contribution in [0.2, 0.25) is 0 Å². The average Bonchev–Trinajstić information content (AvgIpc) is 2.38. The van der Waals surface area contributed by atoms with Crippen LogP contribution in [0.3, 0.4) is 0 Å². The van der Waals surface area contributed by atoms with Gasteiger partial charge in [-0.25, -0.2) is 0 Å². The lowest BCUT2D eigenvalue weighted by atomic mass is 9.79. The molecule has 19 heavy (non-hydrogen) atoms. The lowest BCUT2D eigenvalue weighted by Gasteiger charge is -2.29. The summed E-state index contributed by atoms with van der Waals surface area (Å²) in [4.78, 5) is 25.3. The molecule has 1 aromatic rings. The quantitative estimate of drug-likeness (QED) is 0.886. The number of hydrogen-bond acceptors (Lipinski definition) is 2. The number of amides is 1. The van der Waals surface area contributed by atoms with Crippen molar-refractivity contribution in [2.75, 3.05) is 7.05 Å². The summed E-state index contributed by atoms with van der Waals surface area (Å²) in [6.45, 7) is 5.40. The van der Waals surface area contributed by atoms with Crippen LogP contribution in [-0.2, 0) is 15.0 Å². The minimum atomic E-state index is -1.19. The Morgan fingerprint density at radius 2 is 1.79 bits per heavy atom. The van der Waals surface area contributed by atoms with Gasteiger partial charge in [-0.05, 0) is 26.3 Å². The van der Waals surface area contributed by atoms with Gasteiger partial charge in [0.15, 0.2) is 0 Å². The minimum absolute atomic E-state index is 0.0406. The molecule has 0 aromatic heterocycles. The van der Waals surface area contributed by atoms with E-state index in [0.29, 0.717) is 5.56 Å². The molecular weight excluding hydrogens is 242 g/mol. The second-order valence-electron chi connectivity index (χ2n) is 5.28. The van der Waals surface area contributed by atoms with E-state index in [1.165, 1.54) is 0 Å². The van der Waals surface area contributed by atoms with Gasteiger partial charge >= 0.3 is 5.97 Å². The van der Waals surface area contributed by atoms with E-state index in [0.717, 1.165) is 0 Å². The number of carboxylic acid groups (broad SMARTS) is 1. The normalized spacial score (nSPS) is 13.9. The number of rotatable bonds is 5. The van der Waals surface area contributed by atoms with E-state index in [9.17, 15) is 14.7 Å². The summed E-state index contributed by atoms with van der Waals surface area (Å²) in [5, 5.41) is 9.48. The molecule has 1 N–H and O–H groups in total. The highest BCUT2D eigenvalue weighted by Gasteiger charge is 2.38. The standard InChI is InChI=1S/C15H21NO3/c1-11(2)16(4)13(17)10-15(3,14(18)19)12-8-6-5-7-9-12/h5-9,11H,10H2,1-4H3,(H,18,19). The van der Waals surface area contributed by atoms with E-state index >= 15 is 0 Å². The number of carbonyl (C=O) groups excluding carboxylic acids is 1. The third kappa shape index (κ3) is 3.34. The van der Waals surface area contributed by atoms with Crippen LogP contribution in [0, 0.1) is 0 Å². The maximum atomic E-state index is 12.1. The number of nitrogens with zero attached hydrogens (tertiary/aromatic N) is 1. The summed E-state index contributed by atoms with van der Waals surface area (Å²) in [6.07, 6.45) is -0.0406. The van der Waals surface area contributed by atoms with E-state index in [4.69, 9.17) is 0 Å². The maximum Gasteiger partial charge on any atom is 0.314 e. The first-order valence-corrected chi connectivity index (χ1v) is 6.33. The summed E-state index contributed by atoms with van der Waals surface area (Å²) in [5.74, 6) is -1.15. The smallest absolute Gasteiger partial charge is 0.314 e. The Kier molecular flexibility index (Phi) is 4.70. The van der Waals surface area contributed by atoms with Crippen molar-refractivity contribution in [1.82, 2.24) is 4.90 Å². The summed E-state index contributed by atoms with van der Waals surface area (Å²) in [7, 11) is 1.69. The lowest BCUT2D eigenvalue weighted by molar-refractivity contribution is -0.147. The summed E-state index contributed by atoms with van der Waals surface area (Å²) in [5.41, 5.74) is -0.547. The molecule has 4 nitrogen and oxygen atoms in total. The molecule has 1 aromatic carbocycles. The van der Waals surface area contributed by atoms with Gasteiger partial charge in [0.05, 0.1) is 5.41 Å². The SMILES string of the molecule is CC(C)N(C)C(=O)CC(C)(C(=O)O)c1ccccc1. The van der Waals surface area contributed by atoms with Crippen molar-refractivity contribution in [3.8, 4) is 0 Å². The second-order valence-corrected chi connectivity index (χ2v) is 5.28. The predicted molar refractivity (Wildman–Crippen MR) is 74.0 cm³/mol. The van der Waals surface area contributed by atoms with Crippen molar-refractivity contribution in [2.45, 2.75) is 38.6 Å². The van der Waals surface area contributed by atoms with Crippen molar-refractivity contribution < 1.29 is 14.7 Å². The third-order valence-corrected chi connectivity index (χ3v) is 3.56. The molecule has 1 rings (SSSR count). The van der Waals surface area contributed by atoms with Gasteiger partial charge in [0.25, 0.3) is 0 Å². The Bertz CT molecular complexity index is 456. The molecule has 0 aliphatic carbocycles. The first-order chi connectivity index (χ1) is 8.79. The summed E-state index contributed by atoms with van der Waals surface area (Å²) in [6, 6.07) is 8.95. The Hall–Kier alpha value is -1.84. The highest BCUT2D eigenvalue weighted by atomic mass is 16.4. The molecule has 1 amide bonds. The van der Waals surface area contributed by atoms with Crippen molar-refractivity contribution in [3.63, 3.8) is 0 Å². The number of hydrogen-bond donors (Lipinski definition) is 1. The van der Waals surface area contributed by atoms with Gasteiger partial charge in [-0.2, -0.15) is 0 Å².